The second-order valence-electron chi connectivity index (χ2n) is 8.12. The minimum Gasteiger partial charge on any atom is -0.454 e. The number of nitrogens with zero attached hydrogens (tertiary/aromatic N) is 4. The predicted octanol–water partition coefficient (Wildman–Crippen LogP) is 1.68. The van der Waals surface area contributed by atoms with Crippen molar-refractivity contribution >= 4 is 28.9 Å². The average molecular weight is 467 g/mol. The van der Waals surface area contributed by atoms with E-state index in [9.17, 15) is 24.0 Å². The van der Waals surface area contributed by atoms with Gasteiger partial charge >= 0.3 is 11.7 Å². The molecule has 0 radical (unpaired) electrons. The number of imidazole rings is 1. The highest BCUT2D eigenvalue weighted by Crippen LogP contribution is 2.23. The molecule has 1 N–H and O–H groups in total. The molecule has 2 amide bonds. The van der Waals surface area contributed by atoms with E-state index in [0.717, 1.165) is 17.7 Å². The number of carbonyl (C=O) groups is 3. The van der Waals surface area contributed by atoms with E-state index in [2.05, 4.69) is 9.97 Å². The quantitative estimate of drug-likeness (QED) is 0.393. The maximum absolute atomic E-state index is 12.7. The molecule has 3 heterocycles. The lowest BCUT2D eigenvalue weighted by Gasteiger charge is -2.09. The summed E-state index contributed by atoms with van der Waals surface area (Å²) in [5.74, 6) is -1.28. The van der Waals surface area contributed by atoms with Crippen LogP contribution in [0.4, 0.5) is 0 Å². The number of hydrogen-bond donors (Lipinski definition) is 1. The van der Waals surface area contributed by atoms with Crippen molar-refractivity contribution in [3.8, 4) is 0 Å². The Labute approximate surface area is 194 Å². The van der Waals surface area contributed by atoms with Gasteiger partial charge in [0.25, 0.3) is 17.4 Å². The molecule has 34 heavy (non-hydrogen) atoms. The maximum Gasteiger partial charge on any atom is 0.338 e. The number of esters is 1. The number of rotatable bonds is 8. The monoisotopic (exact) mass is 467 g/mol. The Kier molecular flexibility index (Phi) is 6.18. The first kappa shape index (κ1) is 23.1. The number of hydrogen-bond acceptors (Lipinski definition) is 7. The second kappa shape index (κ2) is 9.08. The standard InChI is InChI=1S/C23H25N5O6/c1-4-6-10-28-18-17(19(29)25-23(28)33)27(9-5-2)16(24-18)12-34-22(32)13-7-8-14-15(11-13)21(31)26(3)20(14)30/h7-8,11H,4-6,9-10,12H2,1-3H3,(H,25,29,33). The third-order valence-corrected chi connectivity index (χ3v) is 5.80. The van der Waals surface area contributed by atoms with Gasteiger partial charge in [-0.05, 0) is 31.0 Å². The topological polar surface area (TPSA) is 136 Å². The Morgan fingerprint density at radius 1 is 1.00 bits per heavy atom. The molecule has 3 aromatic rings. The van der Waals surface area contributed by atoms with Crippen molar-refractivity contribution < 1.29 is 19.1 Å². The molecule has 11 heteroatoms. The van der Waals surface area contributed by atoms with E-state index < -0.39 is 29.0 Å². The van der Waals surface area contributed by atoms with Crippen LogP contribution < -0.4 is 11.2 Å². The van der Waals surface area contributed by atoms with Gasteiger partial charge in [-0.2, -0.15) is 0 Å². The summed E-state index contributed by atoms with van der Waals surface area (Å²) in [4.78, 5) is 69.8. The molecular weight excluding hydrogens is 442 g/mol. The Bertz CT molecular complexity index is 1430. The predicted molar refractivity (Wildman–Crippen MR) is 122 cm³/mol. The lowest BCUT2D eigenvalue weighted by atomic mass is 10.1. The lowest BCUT2D eigenvalue weighted by Crippen LogP contribution is -2.31. The van der Waals surface area contributed by atoms with Gasteiger partial charge in [0.2, 0.25) is 0 Å². The van der Waals surface area contributed by atoms with Crippen molar-refractivity contribution in [2.75, 3.05) is 7.05 Å². The molecule has 178 valence electrons. The van der Waals surface area contributed by atoms with Gasteiger partial charge in [0, 0.05) is 20.1 Å². The van der Waals surface area contributed by atoms with Crippen LogP contribution in [0, 0.1) is 0 Å². The molecule has 1 aliphatic rings. The van der Waals surface area contributed by atoms with E-state index in [0.29, 0.717) is 25.3 Å². The van der Waals surface area contributed by atoms with Crippen LogP contribution in [0.1, 0.15) is 70.0 Å². The molecule has 0 saturated carbocycles. The number of carbonyl (C=O) groups excluding carboxylic acids is 3. The van der Waals surface area contributed by atoms with Gasteiger partial charge in [-0.15, -0.1) is 0 Å². The van der Waals surface area contributed by atoms with E-state index in [1.54, 1.807) is 4.57 Å². The molecule has 0 fully saturated rings. The zero-order chi connectivity index (χ0) is 24.6. The summed E-state index contributed by atoms with van der Waals surface area (Å²) in [5, 5.41) is 0. The summed E-state index contributed by atoms with van der Waals surface area (Å²) < 4.78 is 8.52. The normalized spacial score (nSPS) is 13.1. The molecule has 0 aliphatic carbocycles. The van der Waals surface area contributed by atoms with Crippen LogP contribution in [-0.2, 0) is 24.4 Å². The molecule has 0 spiro atoms. The highest BCUT2D eigenvalue weighted by Gasteiger charge is 2.33. The fourth-order valence-electron chi connectivity index (χ4n) is 4.02. The number of ether oxygens (including phenoxy) is 1. The van der Waals surface area contributed by atoms with Crippen molar-refractivity contribution in [2.24, 2.45) is 0 Å². The van der Waals surface area contributed by atoms with Crippen LogP contribution in [0.2, 0.25) is 0 Å². The van der Waals surface area contributed by atoms with E-state index in [1.807, 2.05) is 13.8 Å². The van der Waals surface area contributed by atoms with Crippen molar-refractivity contribution in [3.05, 3.63) is 61.6 Å². The summed E-state index contributed by atoms with van der Waals surface area (Å²) in [6.07, 6.45) is 2.28. The van der Waals surface area contributed by atoms with E-state index >= 15 is 0 Å². The van der Waals surface area contributed by atoms with Crippen molar-refractivity contribution in [1.29, 1.82) is 0 Å². The zero-order valence-corrected chi connectivity index (χ0v) is 19.2. The average Bonchev–Trinajstić information content (AvgIpc) is 3.28. The molecule has 4 rings (SSSR count). The molecule has 2 aromatic heterocycles. The number of amides is 2. The van der Waals surface area contributed by atoms with Gasteiger partial charge in [-0.1, -0.05) is 20.3 Å². The van der Waals surface area contributed by atoms with E-state index in [-0.39, 0.29) is 34.5 Å². The third-order valence-electron chi connectivity index (χ3n) is 5.80. The second-order valence-corrected chi connectivity index (χ2v) is 8.12. The Hall–Kier alpha value is -4.02. The molecular formula is C23H25N5O6. The van der Waals surface area contributed by atoms with Gasteiger partial charge in [-0.3, -0.25) is 28.8 Å². The smallest absolute Gasteiger partial charge is 0.338 e. The minimum atomic E-state index is -0.704. The van der Waals surface area contributed by atoms with Crippen molar-refractivity contribution in [1.82, 2.24) is 24.0 Å². The number of imide groups is 1. The van der Waals surface area contributed by atoms with Gasteiger partial charge in [0.15, 0.2) is 11.2 Å². The maximum atomic E-state index is 12.7. The first-order valence-electron chi connectivity index (χ1n) is 11.1. The fraction of sp³-hybridized carbons (Fsp3) is 0.391. The van der Waals surface area contributed by atoms with Gasteiger partial charge in [0.1, 0.15) is 12.4 Å². The fourth-order valence-corrected chi connectivity index (χ4v) is 4.02. The zero-order valence-electron chi connectivity index (χ0n) is 19.2. The van der Waals surface area contributed by atoms with Crippen LogP contribution in [-0.4, -0.2) is 48.8 Å². The Morgan fingerprint density at radius 2 is 1.74 bits per heavy atom. The minimum absolute atomic E-state index is 0.117. The number of aromatic nitrogens is 4. The van der Waals surface area contributed by atoms with Crippen LogP contribution in [0.5, 0.6) is 0 Å². The molecule has 1 aromatic carbocycles. The molecule has 0 saturated heterocycles. The SMILES string of the molecule is CCCCn1c(=O)[nH]c(=O)c2c1nc(COC(=O)c1ccc3c(c1)C(=O)N(C)C3=O)n2CCC. The summed E-state index contributed by atoms with van der Waals surface area (Å²) in [5.41, 5.74) is -0.0643. The highest BCUT2D eigenvalue weighted by atomic mass is 16.5. The van der Waals surface area contributed by atoms with Crippen LogP contribution in [0.25, 0.3) is 11.2 Å². The summed E-state index contributed by atoms with van der Waals surface area (Å²) in [6.45, 7) is 4.54. The number of H-pyrrole nitrogens is 1. The van der Waals surface area contributed by atoms with E-state index in [1.165, 1.54) is 29.8 Å². The largest absolute Gasteiger partial charge is 0.454 e. The van der Waals surface area contributed by atoms with Gasteiger partial charge in [-0.25, -0.2) is 14.6 Å². The Morgan fingerprint density at radius 3 is 2.44 bits per heavy atom. The molecule has 11 nitrogen and oxygen atoms in total. The number of benzene rings is 1. The molecule has 0 atom stereocenters. The summed E-state index contributed by atoms with van der Waals surface area (Å²) in [7, 11) is 1.38. The number of aryl methyl sites for hydroxylation is 2. The number of nitrogens with one attached hydrogen (secondary N) is 1. The van der Waals surface area contributed by atoms with Crippen LogP contribution >= 0.6 is 0 Å². The highest BCUT2D eigenvalue weighted by molar-refractivity contribution is 6.21. The lowest BCUT2D eigenvalue weighted by molar-refractivity contribution is 0.0458. The number of aromatic amines is 1. The van der Waals surface area contributed by atoms with E-state index in [4.69, 9.17) is 4.74 Å². The van der Waals surface area contributed by atoms with Gasteiger partial charge in [0.05, 0.1) is 16.7 Å². The summed E-state index contributed by atoms with van der Waals surface area (Å²) in [6, 6.07) is 4.19. The van der Waals surface area contributed by atoms with Crippen LogP contribution in [0.3, 0.4) is 0 Å². The van der Waals surface area contributed by atoms with Crippen molar-refractivity contribution in [3.63, 3.8) is 0 Å². The molecule has 0 unspecified atom stereocenters. The third kappa shape index (κ3) is 3.82. The molecule has 0 bridgehead atoms. The first-order chi connectivity index (χ1) is 16.3. The number of fused-ring (bicyclic) bond motifs is 2. The van der Waals surface area contributed by atoms with Crippen molar-refractivity contribution in [2.45, 2.75) is 52.8 Å². The Balaban J connectivity index is 1.66. The van der Waals surface area contributed by atoms with Crippen LogP contribution in [0.15, 0.2) is 27.8 Å². The summed E-state index contributed by atoms with van der Waals surface area (Å²) >= 11 is 0. The number of unbranched alkanes of at least 4 members (excludes halogenated alkanes) is 1. The molecule has 1 aliphatic heterocycles. The van der Waals surface area contributed by atoms with Gasteiger partial charge < -0.3 is 9.30 Å². The first-order valence-corrected chi connectivity index (χ1v) is 11.1.